The summed E-state index contributed by atoms with van der Waals surface area (Å²) in [5.74, 6) is 0.323. The third-order valence-corrected chi connectivity index (χ3v) is 5.49. The number of imidazole rings is 2. The second kappa shape index (κ2) is 8.09. The lowest BCUT2D eigenvalue weighted by atomic mass is 10.2. The van der Waals surface area contributed by atoms with Gasteiger partial charge in [-0.3, -0.25) is 19.5 Å². The lowest BCUT2D eigenvalue weighted by Crippen LogP contribution is -2.21. The third kappa shape index (κ3) is 4.09. The number of nitrogens with zero attached hydrogens (tertiary/aromatic N) is 5. The van der Waals surface area contributed by atoms with Crippen molar-refractivity contribution in [1.82, 2.24) is 24.4 Å². The maximum Gasteiger partial charge on any atom is 0.269 e. The molecule has 0 saturated heterocycles. The molecule has 0 spiro atoms. The van der Waals surface area contributed by atoms with Gasteiger partial charge in [-0.1, -0.05) is 11.6 Å². The molecule has 0 bridgehead atoms. The highest BCUT2D eigenvalue weighted by Crippen LogP contribution is 2.24. The Morgan fingerprint density at radius 3 is 2.60 bits per heavy atom. The number of halogens is 1. The molecule has 0 atom stereocenters. The summed E-state index contributed by atoms with van der Waals surface area (Å²) in [6.45, 7) is 0.203. The van der Waals surface area contributed by atoms with Gasteiger partial charge < -0.3 is 9.88 Å². The van der Waals surface area contributed by atoms with Crippen LogP contribution >= 0.6 is 22.9 Å². The van der Waals surface area contributed by atoms with Gasteiger partial charge in [0.2, 0.25) is 0 Å². The Hall–Kier alpha value is -3.50. The molecule has 0 aliphatic rings. The van der Waals surface area contributed by atoms with Crippen molar-refractivity contribution in [3.05, 3.63) is 80.1 Å². The van der Waals surface area contributed by atoms with Gasteiger partial charge in [-0.05, 0) is 24.3 Å². The van der Waals surface area contributed by atoms with E-state index >= 15 is 0 Å². The van der Waals surface area contributed by atoms with E-state index in [0.717, 1.165) is 0 Å². The highest BCUT2D eigenvalue weighted by molar-refractivity contribution is 7.17. The van der Waals surface area contributed by atoms with E-state index in [1.807, 2.05) is 13.2 Å². The molecule has 0 radical (unpaired) electrons. The minimum atomic E-state index is -0.449. The fourth-order valence-corrected chi connectivity index (χ4v) is 3.81. The molecule has 30 heavy (non-hydrogen) atoms. The summed E-state index contributed by atoms with van der Waals surface area (Å²) in [5.41, 5.74) is 1.94. The molecule has 4 rings (SSSR count). The summed E-state index contributed by atoms with van der Waals surface area (Å²) < 4.78 is 4.13. The van der Waals surface area contributed by atoms with Crippen LogP contribution in [-0.4, -0.2) is 29.9 Å². The number of non-ortho nitro benzene ring substituents is 1. The Balaban J connectivity index is 1.64. The normalized spacial score (nSPS) is 10.9. The van der Waals surface area contributed by atoms with Gasteiger partial charge in [-0.2, -0.15) is 0 Å². The van der Waals surface area contributed by atoms with Crippen LogP contribution < -0.4 is 5.32 Å². The van der Waals surface area contributed by atoms with Gasteiger partial charge in [-0.25, -0.2) is 9.97 Å². The summed E-state index contributed by atoms with van der Waals surface area (Å²) in [7, 11) is 1.85. The van der Waals surface area contributed by atoms with Crippen molar-refractivity contribution in [3.63, 3.8) is 0 Å². The molecule has 4 aromatic rings. The average Bonchev–Trinajstić information content (AvgIpc) is 3.45. The van der Waals surface area contributed by atoms with Gasteiger partial charge in [0.05, 0.1) is 32.7 Å². The number of benzene rings is 1. The first-order valence-electron chi connectivity index (χ1n) is 8.75. The van der Waals surface area contributed by atoms with E-state index in [0.29, 0.717) is 32.1 Å². The monoisotopic (exact) mass is 442 g/mol. The number of rotatable bonds is 6. The standard InChI is InChI=1S/C19H15ClN6O3S/c1-24-10-15(22-11-24)18-23-12(8-21-19(27)16-6-7-17(20)30-16)9-25(18)13-2-4-14(5-3-13)26(28)29/h2-7,9-11H,8H2,1H3,(H,21,27). The minimum absolute atomic E-state index is 0.000321. The number of hydrogen-bond acceptors (Lipinski definition) is 6. The average molecular weight is 443 g/mol. The number of carbonyl (C=O) groups is 1. The zero-order valence-corrected chi connectivity index (χ0v) is 17.2. The van der Waals surface area contributed by atoms with Gasteiger partial charge >= 0.3 is 0 Å². The van der Waals surface area contributed by atoms with Crippen LogP contribution in [0.25, 0.3) is 17.2 Å². The van der Waals surface area contributed by atoms with Crippen molar-refractivity contribution in [2.24, 2.45) is 7.05 Å². The minimum Gasteiger partial charge on any atom is -0.346 e. The second-order valence-electron chi connectivity index (χ2n) is 6.41. The van der Waals surface area contributed by atoms with Gasteiger partial charge in [0.1, 0.15) is 5.69 Å². The lowest BCUT2D eigenvalue weighted by molar-refractivity contribution is -0.384. The maximum atomic E-state index is 12.3. The topological polar surface area (TPSA) is 108 Å². The van der Waals surface area contributed by atoms with Crippen molar-refractivity contribution in [3.8, 4) is 17.2 Å². The van der Waals surface area contributed by atoms with E-state index in [1.165, 1.54) is 23.5 Å². The molecular formula is C19H15ClN6O3S. The molecule has 3 aromatic heterocycles. The molecule has 0 unspecified atom stereocenters. The molecule has 3 heterocycles. The number of carbonyl (C=O) groups excluding carboxylic acids is 1. The Kier molecular flexibility index (Phi) is 5.34. The number of amides is 1. The largest absolute Gasteiger partial charge is 0.346 e. The summed E-state index contributed by atoms with van der Waals surface area (Å²) in [6.07, 6.45) is 5.25. The highest BCUT2D eigenvalue weighted by atomic mass is 35.5. The van der Waals surface area contributed by atoms with E-state index in [1.54, 1.807) is 45.9 Å². The summed E-state index contributed by atoms with van der Waals surface area (Å²) in [6, 6.07) is 9.48. The van der Waals surface area contributed by atoms with Gasteiger partial charge in [0, 0.05) is 37.3 Å². The SMILES string of the molecule is Cn1cnc(-c2nc(CNC(=O)c3ccc(Cl)s3)cn2-c2ccc([N+](=O)[O-])cc2)c1. The lowest BCUT2D eigenvalue weighted by Gasteiger charge is -2.05. The van der Waals surface area contributed by atoms with Crippen LogP contribution in [0.4, 0.5) is 5.69 Å². The molecule has 0 fully saturated rings. The Labute approximate surface area is 179 Å². The van der Waals surface area contributed by atoms with Crippen molar-refractivity contribution >= 4 is 34.5 Å². The van der Waals surface area contributed by atoms with Crippen LogP contribution in [0.1, 0.15) is 15.4 Å². The van der Waals surface area contributed by atoms with Crippen molar-refractivity contribution in [2.45, 2.75) is 6.54 Å². The zero-order valence-electron chi connectivity index (χ0n) is 15.7. The fourth-order valence-electron chi connectivity index (χ4n) is 2.85. The van der Waals surface area contributed by atoms with Crippen LogP contribution in [0.2, 0.25) is 4.34 Å². The number of thiophene rings is 1. The Bertz CT molecular complexity index is 1230. The Morgan fingerprint density at radius 1 is 1.23 bits per heavy atom. The molecule has 1 amide bonds. The van der Waals surface area contributed by atoms with E-state index in [2.05, 4.69) is 15.3 Å². The fraction of sp³-hybridized carbons (Fsp3) is 0.105. The molecule has 0 saturated carbocycles. The number of nitro groups is 1. The maximum absolute atomic E-state index is 12.3. The van der Waals surface area contributed by atoms with E-state index in [4.69, 9.17) is 11.6 Å². The van der Waals surface area contributed by atoms with Crippen LogP contribution in [-0.2, 0) is 13.6 Å². The van der Waals surface area contributed by atoms with Gasteiger partial charge in [0.25, 0.3) is 11.6 Å². The molecule has 0 aliphatic carbocycles. The van der Waals surface area contributed by atoms with Crippen molar-refractivity contribution in [2.75, 3.05) is 0 Å². The number of aryl methyl sites for hydroxylation is 1. The van der Waals surface area contributed by atoms with Crippen LogP contribution in [0.15, 0.2) is 55.1 Å². The molecule has 11 heteroatoms. The summed E-state index contributed by atoms with van der Waals surface area (Å²) in [4.78, 5) is 32.3. The predicted octanol–water partition coefficient (Wildman–Crippen LogP) is 3.83. The number of nitrogens with one attached hydrogen (secondary N) is 1. The second-order valence-corrected chi connectivity index (χ2v) is 8.13. The molecule has 152 valence electrons. The Morgan fingerprint density at radius 2 is 2.00 bits per heavy atom. The van der Waals surface area contributed by atoms with Gasteiger partial charge in [-0.15, -0.1) is 11.3 Å². The molecule has 9 nitrogen and oxygen atoms in total. The third-order valence-electron chi connectivity index (χ3n) is 4.26. The van der Waals surface area contributed by atoms with E-state index in [-0.39, 0.29) is 18.1 Å². The number of hydrogen-bond donors (Lipinski definition) is 1. The first-order valence-corrected chi connectivity index (χ1v) is 9.95. The highest BCUT2D eigenvalue weighted by Gasteiger charge is 2.16. The smallest absolute Gasteiger partial charge is 0.269 e. The molecule has 0 aliphatic heterocycles. The predicted molar refractivity (Wildman–Crippen MR) is 113 cm³/mol. The zero-order chi connectivity index (χ0) is 21.3. The molecule has 1 N–H and O–H groups in total. The summed E-state index contributed by atoms with van der Waals surface area (Å²) in [5, 5.41) is 13.8. The first kappa shape index (κ1) is 19.8. The van der Waals surface area contributed by atoms with E-state index in [9.17, 15) is 14.9 Å². The van der Waals surface area contributed by atoms with Crippen LogP contribution in [0.5, 0.6) is 0 Å². The van der Waals surface area contributed by atoms with Crippen LogP contribution in [0.3, 0.4) is 0 Å². The number of aromatic nitrogens is 4. The molecular weight excluding hydrogens is 428 g/mol. The quantitative estimate of drug-likeness (QED) is 0.360. The molecule has 1 aromatic carbocycles. The van der Waals surface area contributed by atoms with Crippen LogP contribution in [0, 0.1) is 10.1 Å². The summed E-state index contributed by atoms with van der Waals surface area (Å²) >= 11 is 7.09. The van der Waals surface area contributed by atoms with E-state index < -0.39 is 4.92 Å². The van der Waals surface area contributed by atoms with Crippen molar-refractivity contribution in [1.29, 1.82) is 0 Å². The first-order chi connectivity index (χ1) is 14.4. The van der Waals surface area contributed by atoms with Gasteiger partial charge in [0.15, 0.2) is 5.82 Å². The van der Waals surface area contributed by atoms with Crippen molar-refractivity contribution < 1.29 is 9.72 Å². The number of nitro benzene ring substituents is 1.